The van der Waals surface area contributed by atoms with E-state index in [0.717, 1.165) is 15.0 Å². The second kappa shape index (κ2) is 4.52. The quantitative estimate of drug-likeness (QED) is 0.828. The molecule has 0 amide bonds. The van der Waals surface area contributed by atoms with E-state index >= 15 is 0 Å². The van der Waals surface area contributed by atoms with E-state index < -0.39 is 11.2 Å². The number of furan rings is 1. The molecule has 0 radical (unpaired) electrons. The molecule has 0 saturated heterocycles. The molecule has 1 N–H and O–H groups in total. The average molecular weight is 250 g/mol. The van der Waals surface area contributed by atoms with Gasteiger partial charge in [-0.2, -0.15) is 0 Å². The molecular formula is C11H14N4O3. The third kappa shape index (κ3) is 2.20. The predicted octanol–water partition coefficient (Wildman–Crippen LogP) is -0.00748. The zero-order valence-corrected chi connectivity index (χ0v) is 10.4. The summed E-state index contributed by atoms with van der Waals surface area (Å²) in [7, 11) is 2.90. The fraction of sp³-hybridized carbons (Fsp3) is 0.364. The van der Waals surface area contributed by atoms with Crippen molar-refractivity contribution in [1.82, 2.24) is 14.3 Å². The van der Waals surface area contributed by atoms with E-state index in [1.54, 1.807) is 0 Å². The number of aryl methyl sites for hydroxylation is 2. The van der Waals surface area contributed by atoms with Crippen LogP contribution in [0.25, 0.3) is 0 Å². The molecule has 0 aliphatic rings. The van der Waals surface area contributed by atoms with Crippen molar-refractivity contribution in [2.45, 2.75) is 13.5 Å². The number of rotatable bonds is 3. The molecule has 0 fully saturated rings. The first-order valence-corrected chi connectivity index (χ1v) is 5.42. The van der Waals surface area contributed by atoms with E-state index in [2.05, 4.69) is 10.4 Å². The molecule has 0 spiro atoms. The Morgan fingerprint density at radius 2 is 2.06 bits per heavy atom. The highest BCUT2D eigenvalue weighted by molar-refractivity contribution is 5.30. The number of nitrogens with one attached hydrogen (secondary N) is 1. The van der Waals surface area contributed by atoms with E-state index in [0.29, 0.717) is 12.3 Å². The summed E-state index contributed by atoms with van der Waals surface area (Å²) in [5.74, 6) is 1.62. The minimum absolute atomic E-state index is 0.119. The van der Waals surface area contributed by atoms with Crippen molar-refractivity contribution in [2.24, 2.45) is 14.1 Å². The van der Waals surface area contributed by atoms with Gasteiger partial charge < -0.3 is 9.73 Å². The van der Waals surface area contributed by atoms with Gasteiger partial charge in [0.25, 0.3) is 5.56 Å². The molecule has 2 heterocycles. The van der Waals surface area contributed by atoms with Crippen molar-refractivity contribution in [3.05, 3.63) is 44.5 Å². The SMILES string of the molecule is Cc1ccc(CNc2nn(C)c(=O)n(C)c2=O)o1. The van der Waals surface area contributed by atoms with Crippen molar-refractivity contribution in [3.63, 3.8) is 0 Å². The Bertz CT molecular complexity index is 680. The lowest BCUT2D eigenvalue weighted by atomic mass is 10.4. The summed E-state index contributed by atoms with van der Waals surface area (Å²) in [6.07, 6.45) is 0. The van der Waals surface area contributed by atoms with Gasteiger partial charge in [-0.1, -0.05) is 0 Å². The monoisotopic (exact) mass is 250 g/mol. The van der Waals surface area contributed by atoms with Gasteiger partial charge in [0.15, 0.2) is 0 Å². The van der Waals surface area contributed by atoms with Crippen molar-refractivity contribution in [3.8, 4) is 0 Å². The lowest BCUT2D eigenvalue weighted by Gasteiger charge is -2.06. The maximum Gasteiger partial charge on any atom is 0.346 e. The fourth-order valence-electron chi connectivity index (χ4n) is 1.56. The first kappa shape index (κ1) is 12.2. The van der Waals surface area contributed by atoms with Crippen LogP contribution in [0.4, 0.5) is 5.82 Å². The second-order valence-corrected chi connectivity index (χ2v) is 3.98. The first-order valence-electron chi connectivity index (χ1n) is 5.42. The van der Waals surface area contributed by atoms with Crippen LogP contribution in [0.15, 0.2) is 26.1 Å². The topological polar surface area (TPSA) is 82.1 Å². The van der Waals surface area contributed by atoms with Gasteiger partial charge >= 0.3 is 5.69 Å². The van der Waals surface area contributed by atoms with Crippen LogP contribution < -0.4 is 16.6 Å². The predicted molar refractivity (Wildman–Crippen MR) is 65.5 cm³/mol. The molecule has 0 aliphatic heterocycles. The van der Waals surface area contributed by atoms with Crippen molar-refractivity contribution >= 4 is 5.82 Å². The summed E-state index contributed by atoms with van der Waals surface area (Å²) in [6.45, 7) is 2.18. The molecule has 0 aliphatic carbocycles. The molecule has 0 atom stereocenters. The minimum atomic E-state index is -0.459. The third-order valence-electron chi connectivity index (χ3n) is 2.55. The van der Waals surface area contributed by atoms with Gasteiger partial charge in [0, 0.05) is 14.1 Å². The Morgan fingerprint density at radius 1 is 1.33 bits per heavy atom. The molecule has 0 aromatic carbocycles. The maximum absolute atomic E-state index is 11.8. The molecule has 0 saturated carbocycles. The summed E-state index contributed by atoms with van der Waals surface area (Å²) < 4.78 is 7.47. The first-order chi connectivity index (χ1) is 8.49. The molecule has 7 heteroatoms. The lowest BCUT2D eigenvalue weighted by Crippen LogP contribution is -2.39. The Labute approximate surface area is 103 Å². The minimum Gasteiger partial charge on any atom is -0.465 e. The number of hydrogen-bond donors (Lipinski definition) is 1. The number of nitrogens with zero attached hydrogens (tertiary/aromatic N) is 3. The molecular weight excluding hydrogens is 236 g/mol. The molecule has 96 valence electrons. The van der Waals surface area contributed by atoms with Crippen molar-refractivity contribution in [1.29, 1.82) is 0 Å². The number of hydrogen-bond acceptors (Lipinski definition) is 5. The normalized spacial score (nSPS) is 10.6. The summed E-state index contributed by atoms with van der Waals surface area (Å²) >= 11 is 0. The van der Waals surface area contributed by atoms with E-state index in [-0.39, 0.29) is 5.82 Å². The van der Waals surface area contributed by atoms with Crippen LogP contribution >= 0.6 is 0 Å². The van der Waals surface area contributed by atoms with Crippen LogP contribution in [0.3, 0.4) is 0 Å². The van der Waals surface area contributed by atoms with Gasteiger partial charge in [0.2, 0.25) is 5.82 Å². The van der Waals surface area contributed by atoms with E-state index in [9.17, 15) is 9.59 Å². The van der Waals surface area contributed by atoms with E-state index in [1.807, 2.05) is 19.1 Å². The third-order valence-corrected chi connectivity index (χ3v) is 2.55. The molecule has 2 aromatic heterocycles. The molecule has 2 aromatic rings. The summed E-state index contributed by atoms with van der Waals surface area (Å²) in [5, 5.41) is 6.73. The van der Waals surface area contributed by atoms with Gasteiger partial charge in [0.1, 0.15) is 11.5 Å². The van der Waals surface area contributed by atoms with Gasteiger partial charge in [-0.05, 0) is 19.1 Å². The number of anilines is 1. The Morgan fingerprint density at radius 3 is 2.67 bits per heavy atom. The van der Waals surface area contributed by atoms with E-state index in [1.165, 1.54) is 14.1 Å². The second-order valence-electron chi connectivity index (χ2n) is 3.98. The largest absolute Gasteiger partial charge is 0.465 e. The molecule has 0 bridgehead atoms. The highest BCUT2D eigenvalue weighted by atomic mass is 16.3. The van der Waals surface area contributed by atoms with Gasteiger partial charge in [-0.25, -0.2) is 9.48 Å². The highest BCUT2D eigenvalue weighted by Gasteiger charge is 2.08. The van der Waals surface area contributed by atoms with Crippen LogP contribution in [-0.2, 0) is 20.6 Å². The molecule has 2 rings (SSSR count). The fourth-order valence-corrected chi connectivity index (χ4v) is 1.56. The Kier molecular flexibility index (Phi) is 3.05. The van der Waals surface area contributed by atoms with Crippen LogP contribution in [0, 0.1) is 6.92 Å². The van der Waals surface area contributed by atoms with Gasteiger partial charge in [-0.3, -0.25) is 9.36 Å². The van der Waals surface area contributed by atoms with Crippen molar-refractivity contribution < 1.29 is 4.42 Å². The summed E-state index contributed by atoms with van der Waals surface area (Å²) in [4.78, 5) is 23.2. The van der Waals surface area contributed by atoms with Crippen LogP contribution in [0.1, 0.15) is 11.5 Å². The maximum atomic E-state index is 11.8. The van der Waals surface area contributed by atoms with Gasteiger partial charge in [-0.15, -0.1) is 5.10 Å². The summed E-state index contributed by atoms with van der Waals surface area (Å²) in [6, 6.07) is 3.65. The highest BCUT2D eigenvalue weighted by Crippen LogP contribution is 2.07. The van der Waals surface area contributed by atoms with E-state index in [4.69, 9.17) is 4.42 Å². The zero-order chi connectivity index (χ0) is 13.3. The van der Waals surface area contributed by atoms with Crippen LogP contribution in [0.2, 0.25) is 0 Å². The number of aromatic nitrogens is 3. The zero-order valence-electron chi connectivity index (χ0n) is 10.4. The molecule has 0 unspecified atom stereocenters. The lowest BCUT2D eigenvalue weighted by molar-refractivity contribution is 0.489. The average Bonchev–Trinajstić information content (AvgIpc) is 2.75. The smallest absolute Gasteiger partial charge is 0.346 e. The standard InChI is InChI=1S/C11H14N4O3/c1-7-4-5-8(18-7)6-12-9-10(16)14(2)11(17)15(3)13-9/h4-5H,6H2,1-3H3,(H,12,13). The van der Waals surface area contributed by atoms with Crippen LogP contribution in [0.5, 0.6) is 0 Å². The molecule has 7 nitrogen and oxygen atoms in total. The van der Waals surface area contributed by atoms with Gasteiger partial charge in [0.05, 0.1) is 6.54 Å². The Hall–Kier alpha value is -2.31. The Balaban J connectivity index is 2.25. The summed E-state index contributed by atoms with van der Waals surface area (Å²) in [5.41, 5.74) is -0.916. The van der Waals surface area contributed by atoms with Crippen molar-refractivity contribution in [2.75, 3.05) is 5.32 Å². The molecule has 18 heavy (non-hydrogen) atoms. The van der Waals surface area contributed by atoms with Crippen LogP contribution in [-0.4, -0.2) is 14.3 Å².